The number of ketones is 1. The van der Waals surface area contributed by atoms with Crippen molar-refractivity contribution in [3.05, 3.63) is 56.6 Å². The first-order chi connectivity index (χ1) is 8.61. The van der Waals surface area contributed by atoms with Crippen LogP contribution in [0.25, 0.3) is 11.1 Å². The van der Waals surface area contributed by atoms with E-state index >= 15 is 0 Å². The third-order valence-electron chi connectivity index (χ3n) is 2.73. The minimum Gasteiger partial charge on any atom is -0.294 e. The summed E-state index contributed by atoms with van der Waals surface area (Å²) in [6.07, 6.45) is 0.516. The first-order valence-corrected chi connectivity index (χ1v) is 7.16. The summed E-state index contributed by atoms with van der Waals surface area (Å²) < 4.78 is 1.04. The molecule has 0 saturated heterocycles. The van der Waals surface area contributed by atoms with Crippen molar-refractivity contribution in [3.8, 4) is 11.1 Å². The summed E-state index contributed by atoms with van der Waals surface area (Å²) in [7, 11) is 0. The monoisotopic (exact) mass is 370 g/mol. The molecule has 1 nitrogen and oxygen atoms in total. The zero-order valence-electron chi connectivity index (χ0n) is 9.91. The van der Waals surface area contributed by atoms with Gasteiger partial charge in [-0.15, -0.1) is 0 Å². The average Bonchev–Trinajstić information content (AvgIpc) is 2.37. The highest BCUT2D eigenvalue weighted by Crippen LogP contribution is 2.29. The van der Waals surface area contributed by atoms with Crippen LogP contribution in [0.15, 0.2) is 42.5 Å². The molecule has 0 aliphatic rings. The minimum atomic E-state index is 0.154. The lowest BCUT2D eigenvalue weighted by atomic mass is 10.0. The molecule has 0 amide bonds. The molecule has 0 radical (unpaired) electrons. The molecule has 2 aromatic rings. The Hall–Kier alpha value is -0.870. The molecule has 92 valence electrons. The number of benzene rings is 2. The Bertz CT molecular complexity index is 593. The van der Waals surface area contributed by atoms with Crippen molar-refractivity contribution in [2.75, 3.05) is 0 Å². The van der Waals surface area contributed by atoms with Gasteiger partial charge in [-0.05, 0) is 52.4 Å². The third-order valence-corrected chi connectivity index (χ3v) is 3.68. The molecule has 0 saturated carbocycles. The number of hydrogen-bond donors (Lipinski definition) is 0. The summed E-state index contributed by atoms with van der Waals surface area (Å²) in [5.74, 6) is 0.154. The van der Waals surface area contributed by atoms with Crippen LogP contribution in [0.4, 0.5) is 0 Å². The summed E-state index contributed by atoms with van der Waals surface area (Å²) in [5, 5.41) is 0.703. The van der Waals surface area contributed by atoms with Crippen LogP contribution in [0.2, 0.25) is 5.02 Å². The lowest BCUT2D eigenvalue weighted by molar-refractivity contribution is 0.0988. The molecule has 0 unspecified atom stereocenters. The van der Waals surface area contributed by atoms with E-state index in [2.05, 4.69) is 22.6 Å². The van der Waals surface area contributed by atoms with Crippen molar-refractivity contribution in [3.63, 3.8) is 0 Å². The minimum absolute atomic E-state index is 0.154. The number of rotatable bonds is 3. The van der Waals surface area contributed by atoms with Gasteiger partial charge in [0.2, 0.25) is 0 Å². The van der Waals surface area contributed by atoms with Crippen LogP contribution < -0.4 is 0 Å². The molecular formula is C15H12ClIO. The van der Waals surface area contributed by atoms with E-state index < -0.39 is 0 Å². The van der Waals surface area contributed by atoms with Crippen LogP contribution in [0, 0.1) is 3.57 Å². The second-order valence-corrected chi connectivity index (χ2v) is 5.64. The van der Waals surface area contributed by atoms with Crippen molar-refractivity contribution in [1.82, 2.24) is 0 Å². The van der Waals surface area contributed by atoms with Gasteiger partial charge in [-0.1, -0.05) is 36.7 Å². The fraction of sp³-hybridized carbons (Fsp3) is 0.133. The van der Waals surface area contributed by atoms with E-state index in [1.54, 1.807) is 0 Å². The summed E-state index contributed by atoms with van der Waals surface area (Å²) >= 11 is 8.41. The predicted molar refractivity (Wildman–Crippen MR) is 84.2 cm³/mol. The first-order valence-electron chi connectivity index (χ1n) is 5.70. The van der Waals surface area contributed by atoms with Gasteiger partial charge in [0.25, 0.3) is 0 Å². The Morgan fingerprint density at radius 1 is 1.22 bits per heavy atom. The Balaban J connectivity index is 2.55. The first kappa shape index (κ1) is 13.6. The fourth-order valence-corrected chi connectivity index (χ4v) is 2.72. The Morgan fingerprint density at radius 3 is 2.61 bits per heavy atom. The van der Waals surface area contributed by atoms with Crippen LogP contribution in [0.1, 0.15) is 23.7 Å². The topological polar surface area (TPSA) is 17.1 Å². The van der Waals surface area contributed by atoms with Crippen LogP contribution in [0.3, 0.4) is 0 Å². The third kappa shape index (κ3) is 2.93. The van der Waals surface area contributed by atoms with Crippen molar-refractivity contribution < 1.29 is 4.79 Å². The van der Waals surface area contributed by atoms with Crippen LogP contribution in [-0.2, 0) is 0 Å². The highest BCUT2D eigenvalue weighted by atomic mass is 127. The maximum absolute atomic E-state index is 11.8. The Labute approximate surface area is 125 Å². The number of halogens is 2. The van der Waals surface area contributed by atoms with Crippen molar-refractivity contribution in [1.29, 1.82) is 0 Å². The Morgan fingerprint density at radius 2 is 1.94 bits per heavy atom. The second kappa shape index (κ2) is 5.85. The SMILES string of the molecule is CCC(=O)c1cc(I)cc(-c2ccccc2Cl)c1. The van der Waals surface area contributed by atoms with Gasteiger partial charge in [0.1, 0.15) is 0 Å². The van der Waals surface area contributed by atoms with Gasteiger partial charge in [0.15, 0.2) is 5.78 Å². The molecule has 2 aromatic carbocycles. The molecule has 0 aliphatic carbocycles. The summed E-state index contributed by atoms with van der Waals surface area (Å²) in [4.78, 5) is 11.8. The van der Waals surface area contributed by atoms with Gasteiger partial charge < -0.3 is 0 Å². The van der Waals surface area contributed by atoms with Gasteiger partial charge in [-0.2, -0.15) is 0 Å². The largest absolute Gasteiger partial charge is 0.294 e. The zero-order chi connectivity index (χ0) is 13.1. The fourth-order valence-electron chi connectivity index (χ4n) is 1.81. The molecule has 0 fully saturated rings. The molecule has 0 heterocycles. The summed E-state index contributed by atoms with van der Waals surface area (Å²) in [5.41, 5.74) is 2.70. The Kier molecular flexibility index (Phi) is 4.40. The van der Waals surface area contributed by atoms with E-state index in [1.807, 2.05) is 49.4 Å². The maximum Gasteiger partial charge on any atom is 0.162 e. The highest BCUT2D eigenvalue weighted by Gasteiger charge is 2.09. The average molecular weight is 371 g/mol. The smallest absolute Gasteiger partial charge is 0.162 e. The quantitative estimate of drug-likeness (QED) is 0.536. The van der Waals surface area contributed by atoms with E-state index in [0.29, 0.717) is 11.4 Å². The summed E-state index contributed by atoms with van der Waals surface area (Å²) in [6.45, 7) is 1.87. The number of carbonyl (C=O) groups is 1. The van der Waals surface area contributed by atoms with Crippen molar-refractivity contribution >= 4 is 40.0 Å². The molecule has 0 spiro atoms. The normalized spacial score (nSPS) is 10.4. The number of Topliss-reactive ketones (excluding diaryl/α,β-unsaturated/α-hetero) is 1. The van der Waals surface area contributed by atoms with Crippen molar-refractivity contribution in [2.45, 2.75) is 13.3 Å². The standard InChI is InChI=1S/C15H12ClIO/c1-2-15(18)11-7-10(8-12(17)9-11)13-5-3-4-6-14(13)16/h3-9H,2H2,1H3. The van der Waals surface area contributed by atoms with Gasteiger partial charge in [-0.25, -0.2) is 0 Å². The molecule has 3 heteroatoms. The molecule has 0 aromatic heterocycles. The number of hydrogen-bond acceptors (Lipinski definition) is 1. The molecule has 0 aliphatic heterocycles. The van der Waals surface area contributed by atoms with E-state index in [4.69, 9.17) is 11.6 Å². The van der Waals surface area contributed by atoms with Crippen LogP contribution in [0.5, 0.6) is 0 Å². The van der Waals surface area contributed by atoms with E-state index in [9.17, 15) is 4.79 Å². The van der Waals surface area contributed by atoms with Gasteiger partial charge in [-0.3, -0.25) is 4.79 Å². The number of carbonyl (C=O) groups excluding carboxylic acids is 1. The lowest BCUT2D eigenvalue weighted by Crippen LogP contribution is -1.97. The molecule has 18 heavy (non-hydrogen) atoms. The zero-order valence-corrected chi connectivity index (χ0v) is 12.8. The highest BCUT2D eigenvalue weighted by molar-refractivity contribution is 14.1. The van der Waals surface area contributed by atoms with Crippen molar-refractivity contribution in [2.24, 2.45) is 0 Å². The van der Waals surface area contributed by atoms with Crippen LogP contribution >= 0.6 is 34.2 Å². The van der Waals surface area contributed by atoms with Crippen LogP contribution in [-0.4, -0.2) is 5.78 Å². The van der Waals surface area contributed by atoms with E-state index in [-0.39, 0.29) is 5.78 Å². The summed E-state index contributed by atoms with van der Waals surface area (Å²) in [6, 6.07) is 13.5. The maximum atomic E-state index is 11.8. The second-order valence-electron chi connectivity index (χ2n) is 3.99. The molecular weight excluding hydrogens is 359 g/mol. The van der Waals surface area contributed by atoms with E-state index in [1.165, 1.54) is 0 Å². The van der Waals surface area contributed by atoms with E-state index in [0.717, 1.165) is 20.3 Å². The van der Waals surface area contributed by atoms with Gasteiger partial charge in [0.05, 0.1) is 0 Å². The lowest BCUT2D eigenvalue weighted by Gasteiger charge is -2.07. The predicted octanol–water partition coefficient (Wildman–Crippen LogP) is 5.20. The molecule has 0 bridgehead atoms. The van der Waals surface area contributed by atoms with Gasteiger partial charge in [0, 0.05) is 26.1 Å². The van der Waals surface area contributed by atoms with Gasteiger partial charge >= 0.3 is 0 Å². The molecule has 0 atom stereocenters. The molecule has 2 rings (SSSR count). The molecule has 0 N–H and O–H groups in total.